The number of halogens is 3. The van der Waals surface area contributed by atoms with E-state index in [4.69, 9.17) is 5.73 Å². The fourth-order valence-electron chi connectivity index (χ4n) is 3.23. The summed E-state index contributed by atoms with van der Waals surface area (Å²) >= 11 is 1.15. The first-order chi connectivity index (χ1) is 14.5. The van der Waals surface area contributed by atoms with Crippen LogP contribution in [-0.4, -0.2) is 56.7 Å². The van der Waals surface area contributed by atoms with Gasteiger partial charge in [0, 0.05) is 31.7 Å². The van der Waals surface area contributed by atoms with Crippen LogP contribution in [0.2, 0.25) is 0 Å². The van der Waals surface area contributed by atoms with Gasteiger partial charge in [-0.1, -0.05) is 24.0 Å². The largest absolute Gasteiger partial charge is 0.421 e. The van der Waals surface area contributed by atoms with E-state index in [1.165, 1.54) is 22.5 Å². The Bertz CT molecular complexity index is 1080. The quantitative estimate of drug-likeness (QED) is 0.666. The molecule has 31 heavy (non-hydrogen) atoms. The van der Waals surface area contributed by atoms with Crippen molar-refractivity contribution in [1.82, 2.24) is 4.31 Å². The second-order valence-electron chi connectivity index (χ2n) is 7.13. The molecule has 3 N–H and O–H groups in total. The normalized spacial score (nSPS) is 17.7. The van der Waals surface area contributed by atoms with E-state index in [0.29, 0.717) is 31.3 Å². The number of hydrogen-bond donors (Lipinski definition) is 2. The third kappa shape index (κ3) is 4.73. The van der Waals surface area contributed by atoms with Gasteiger partial charge in [-0.15, -0.1) is 11.3 Å². The van der Waals surface area contributed by atoms with E-state index < -0.39 is 21.8 Å². The minimum Gasteiger partial charge on any atom is -0.376 e. The predicted molar refractivity (Wildman–Crippen MR) is 113 cm³/mol. The molecule has 2 aromatic rings. The van der Waals surface area contributed by atoms with Gasteiger partial charge < -0.3 is 15.7 Å². The number of alkyl halides is 3. The molecule has 0 amide bonds. The second-order valence-corrected chi connectivity index (χ2v) is 10.2. The van der Waals surface area contributed by atoms with Crippen molar-refractivity contribution in [2.24, 2.45) is 5.73 Å². The van der Waals surface area contributed by atoms with Gasteiger partial charge in [0.05, 0.1) is 12.2 Å². The van der Waals surface area contributed by atoms with Crippen LogP contribution in [0.15, 0.2) is 39.9 Å². The molecule has 6 nitrogen and oxygen atoms in total. The fourth-order valence-corrected chi connectivity index (χ4v) is 5.80. The Labute approximate surface area is 183 Å². The molecule has 0 spiro atoms. The van der Waals surface area contributed by atoms with Gasteiger partial charge in [-0.05, 0) is 36.1 Å². The average molecular weight is 474 g/mol. The highest BCUT2D eigenvalue weighted by Gasteiger charge is 2.51. The van der Waals surface area contributed by atoms with Crippen molar-refractivity contribution >= 4 is 27.0 Å². The van der Waals surface area contributed by atoms with Crippen molar-refractivity contribution in [2.45, 2.75) is 22.9 Å². The lowest BCUT2D eigenvalue weighted by Gasteiger charge is -2.36. The fraction of sp³-hybridized carbons (Fsp3) is 0.400. The number of sulfonamides is 1. The Hall–Kier alpha value is -2.10. The van der Waals surface area contributed by atoms with Crippen LogP contribution in [0, 0.1) is 11.8 Å². The number of piperazine rings is 1. The van der Waals surface area contributed by atoms with Gasteiger partial charge in [-0.2, -0.15) is 17.5 Å². The molecule has 1 fully saturated rings. The maximum absolute atomic E-state index is 13.3. The van der Waals surface area contributed by atoms with Gasteiger partial charge in [0.15, 0.2) is 5.60 Å². The van der Waals surface area contributed by atoms with Crippen LogP contribution < -0.4 is 10.6 Å². The van der Waals surface area contributed by atoms with Crippen molar-refractivity contribution < 1.29 is 26.7 Å². The Morgan fingerprint density at radius 2 is 1.87 bits per heavy atom. The van der Waals surface area contributed by atoms with Crippen LogP contribution in [0.25, 0.3) is 0 Å². The Kier molecular flexibility index (Phi) is 6.69. The summed E-state index contributed by atoms with van der Waals surface area (Å²) in [5, 5.41) is 11.7. The summed E-state index contributed by atoms with van der Waals surface area (Å²) in [5.41, 5.74) is 2.92. The summed E-state index contributed by atoms with van der Waals surface area (Å²) in [4.78, 5) is 1.87. The molecule has 1 aromatic heterocycles. The van der Waals surface area contributed by atoms with Gasteiger partial charge in [-0.3, -0.25) is 0 Å². The lowest BCUT2D eigenvalue weighted by Crippen LogP contribution is -2.48. The Morgan fingerprint density at radius 3 is 2.42 bits per heavy atom. The molecule has 3 rings (SSSR count). The topological polar surface area (TPSA) is 86.9 Å². The third-order valence-corrected chi connectivity index (χ3v) is 8.38. The van der Waals surface area contributed by atoms with E-state index in [9.17, 15) is 26.7 Å². The van der Waals surface area contributed by atoms with E-state index in [0.717, 1.165) is 11.3 Å². The highest BCUT2D eigenvalue weighted by molar-refractivity contribution is 7.91. The number of benzene rings is 1. The number of hydrogen-bond acceptors (Lipinski definition) is 6. The van der Waals surface area contributed by atoms with E-state index in [2.05, 4.69) is 11.8 Å². The number of anilines is 1. The molecule has 1 aromatic carbocycles. The summed E-state index contributed by atoms with van der Waals surface area (Å²) in [6, 6.07) is 7.12. The molecule has 1 aliphatic rings. The van der Waals surface area contributed by atoms with Crippen molar-refractivity contribution in [3.8, 4) is 11.8 Å². The molecule has 0 saturated carbocycles. The van der Waals surface area contributed by atoms with Crippen molar-refractivity contribution in [3.63, 3.8) is 0 Å². The monoisotopic (exact) mass is 473 g/mol. The molecule has 0 aliphatic carbocycles. The second kappa shape index (κ2) is 8.80. The predicted octanol–water partition coefficient (Wildman–Crippen LogP) is 2.34. The summed E-state index contributed by atoms with van der Waals surface area (Å²) in [6.45, 7) is 1.86. The molecule has 2 heterocycles. The number of aliphatic hydroxyl groups is 1. The maximum Gasteiger partial charge on any atom is 0.421 e. The summed E-state index contributed by atoms with van der Waals surface area (Å²) in [6.07, 6.45) is -4.85. The Morgan fingerprint density at radius 1 is 1.19 bits per heavy atom. The summed E-state index contributed by atoms with van der Waals surface area (Å²) < 4.78 is 66.8. The zero-order chi connectivity index (χ0) is 22.9. The minimum atomic E-state index is -4.85. The van der Waals surface area contributed by atoms with Crippen molar-refractivity contribution in [1.29, 1.82) is 0 Å². The molecule has 11 heteroatoms. The molecule has 1 atom stereocenters. The Balaban J connectivity index is 1.86. The first-order valence-electron chi connectivity index (χ1n) is 9.39. The van der Waals surface area contributed by atoms with Crippen LogP contribution in [0.1, 0.15) is 18.1 Å². The van der Waals surface area contributed by atoms with Crippen LogP contribution in [0.5, 0.6) is 0 Å². The van der Waals surface area contributed by atoms with Gasteiger partial charge in [0.1, 0.15) is 4.21 Å². The molecule has 1 unspecified atom stereocenters. The van der Waals surface area contributed by atoms with Crippen LogP contribution in [0.4, 0.5) is 18.9 Å². The lowest BCUT2D eigenvalue weighted by molar-refractivity contribution is -0.258. The van der Waals surface area contributed by atoms with Gasteiger partial charge in [0.2, 0.25) is 0 Å². The number of nitrogens with zero attached hydrogens (tertiary/aromatic N) is 2. The molecular formula is C20H22F3N3O3S2. The van der Waals surface area contributed by atoms with Crippen molar-refractivity contribution in [2.75, 3.05) is 37.6 Å². The smallest absolute Gasteiger partial charge is 0.376 e. The van der Waals surface area contributed by atoms with Gasteiger partial charge >= 0.3 is 6.18 Å². The summed E-state index contributed by atoms with van der Waals surface area (Å²) in [5.74, 6) is 5.41. The minimum absolute atomic E-state index is 0.0200. The number of rotatable bonds is 4. The van der Waals surface area contributed by atoms with Crippen molar-refractivity contribution in [3.05, 3.63) is 46.8 Å². The number of nitrogens with two attached hydrogens (primary N) is 1. The van der Waals surface area contributed by atoms with Gasteiger partial charge in [0.25, 0.3) is 10.0 Å². The summed E-state index contributed by atoms with van der Waals surface area (Å²) in [7, 11) is -3.57. The van der Waals surface area contributed by atoms with E-state index in [1.807, 2.05) is 4.90 Å². The molecular weight excluding hydrogens is 451 g/mol. The zero-order valence-electron chi connectivity index (χ0n) is 16.7. The molecule has 0 bridgehead atoms. The van der Waals surface area contributed by atoms with Crippen LogP contribution in [-0.2, 0) is 15.6 Å². The van der Waals surface area contributed by atoms with E-state index in [1.54, 1.807) is 17.5 Å². The third-order valence-electron chi connectivity index (χ3n) is 5.10. The maximum atomic E-state index is 13.3. The molecule has 1 aliphatic heterocycles. The molecule has 168 valence electrons. The molecule has 1 saturated heterocycles. The standard InChI is InChI=1S/C20H22F3N3O3S2/c1-19(27,20(21,22)23)16-6-7-17(15(14-16)4-2-8-24)25-9-11-26(12-10-25)31(28,29)18-5-3-13-30-18/h3,5-7,13-14,27H,8-12,24H2,1H3. The van der Waals surface area contributed by atoms with Crippen LogP contribution >= 0.6 is 11.3 Å². The zero-order valence-corrected chi connectivity index (χ0v) is 18.3. The van der Waals surface area contributed by atoms with E-state index >= 15 is 0 Å². The first kappa shape index (κ1) is 23.6. The van der Waals surface area contributed by atoms with E-state index in [-0.39, 0.29) is 29.4 Å². The van der Waals surface area contributed by atoms with Crippen LogP contribution in [0.3, 0.4) is 0 Å². The SMILES string of the molecule is CC(O)(c1ccc(N2CCN(S(=O)(=O)c3cccs3)CC2)c(C#CCN)c1)C(F)(F)F. The first-order valence-corrected chi connectivity index (χ1v) is 11.7. The number of thiophene rings is 1. The highest BCUT2D eigenvalue weighted by atomic mass is 32.2. The molecule has 0 radical (unpaired) electrons. The van der Waals surface area contributed by atoms with Gasteiger partial charge in [-0.25, -0.2) is 8.42 Å². The lowest BCUT2D eigenvalue weighted by atomic mass is 9.93. The highest BCUT2D eigenvalue weighted by Crippen LogP contribution is 2.40. The average Bonchev–Trinajstić information content (AvgIpc) is 3.27.